The zero-order valence-corrected chi connectivity index (χ0v) is 9.78. The number of likely N-dealkylation sites (tertiary alicyclic amines) is 1. The van der Waals surface area contributed by atoms with Gasteiger partial charge in [0.25, 0.3) is 5.91 Å². The Kier molecular flexibility index (Phi) is 2.65. The van der Waals surface area contributed by atoms with E-state index in [0.29, 0.717) is 17.6 Å². The first-order chi connectivity index (χ1) is 7.08. The molecule has 0 bridgehead atoms. The number of hydrogen-bond acceptors (Lipinski definition) is 3. The molecule has 0 aromatic carbocycles. The van der Waals surface area contributed by atoms with E-state index in [0.717, 1.165) is 0 Å². The number of rotatable bonds is 1. The number of carbonyl (C=O) groups is 2. The van der Waals surface area contributed by atoms with E-state index in [9.17, 15) is 9.59 Å². The van der Waals surface area contributed by atoms with Crippen LogP contribution in [0.3, 0.4) is 0 Å². The van der Waals surface area contributed by atoms with Crippen molar-refractivity contribution in [2.24, 2.45) is 5.92 Å². The Balaban J connectivity index is 2.18. The van der Waals surface area contributed by atoms with Crippen LogP contribution in [0.25, 0.3) is 0 Å². The number of carbonyl (C=O) groups excluding carboxylic acids is 2. The topological polar surface area (TPSA) is 50.5 Å². The quantitative estimate of drug-likeness (QED) is 0.735. The third-order valence-electron chi connectivity index (χ3n) is 2.35. The highest BCUT2D eigenvalue weighted by Gasteiger charge is 2.33. The summed E-state index contributed by atoms with van der Waals surface area (Å²) in [5.41, 5.74) is 0. The summed E-state index contributed by atoms with van der Waals surface area (Å²) in [5, 5.41) is 0. The second-order valence-electron chi connectivity index (χ2n) is 3.72. The molecule has 0 spiro atoms. The van der Waals surface area contributed by atoms with Gasteiger partial charge in [0.05, 0.1) is 0 Å². The van der Waals surface area contributed by atoms with E-state index in [1.165, 1.54) is 4.90 Å². The van der Waals surface area contributed by atoms with Crippen LogP contribution in [0.5, 0.6) is 0 Å². The average molecular weight is 272 g/mol. The molecule has 0 aliphatic carbocycles. The molecule has 15 heavy (non-hydrogen) atoms. The van der Waals surface area contributed by atoms with E-state index in [-0.39, 0.29) is 23.5 Å². The van der Waals surface area contributed by atoms with E-state index in [4.69, 9.17) is 4.42 Å². The largest absolute Gasteiger partial charge is 0.444 e. The fourth-order valence-corrected chi connectivity index (χ4v) is 1.95. The summed E-state index contributed by atoms with van der Waals surface area (Å²) in [4.78, 5) is 24.5. The predicted molar refractivity (Wildman–Crippen MR) is 56.2 cm³/mol. The summed E-state index contributed by atoms with van der Waals surface area (Å²) in [6, 6.07) is 3.19. The van der Waals surface area contributed by atoms with E-state index in [1.54, 1.807) is 12.1 Å². The van der Waals surface area contributed by atoms with Crippen LogP contribution in [0.15, 0.2) is 21.2 Å². The minimum absolute atomic E-state index is 0.125. The van der Waals surface area contributed by atoms with E-state index in [1.807, 2.05) is 6.92 Å². The van der Waals surface area contributed by atoms with Crippen LogP contribution in [0.2, 0.25) is 0 Å². The monoisotopic (exact) mass is 271 g/mol. The van der Waals surface area contributed by atoms with Gasteiger partial charge in [0, 0.05) is 13.0 Å². The van der Waals surface area contributed by atoms with Gasteiger partial charge < -0.3 is 4.42 Å². The molecule has 1 aliphatic heterocycles. The predicted octanol–water partition coefficient (Wildman–Crippen LogP) is 2.05. The van der Waals surface area contributed by atoms with Crippen molar-refractivity contribution in [3.63, 3.8) is 0 Å². The Bertz CT molecular complexity index is 413. The molecule has 80 valence electrons. The number of halogens is 1. The Labute approximate surface area is 95.4 Å². The highest BCUT2D eigenvalue weighted by Crippen LogP contribution is 2.21. The van der Waals surface area contributed by atoms with E-state index < -0.39 is 0 Å². The number of amides is 2. The lowest BCUT2D eigenvalue weighted by Crippen LogP contribution is -2.31. The van der Waals surface area contributed by atoms with Crippen molar-refractivity contribution < 1.29 is 14.0 Å². The van der Waals surface area contributed by atoms with Crippen molar-refractivity contribution in [2.75, 3.05) is 6.54 Å². The summed E-state index contributed by atoms with van der Waals surface area (Å²) in [6.07, 6.45) is 0.438. The summed E-state index contributed by atoms with van der Waals surface area (Å²) < 4.78 is 5.61. The van der Waals surface area contributed by atoms with Crippen molar-refractivity contribution in [3.05, 3.63) is 22.6 Å². The molecule has 1 atom stereocenters. The molecule has 5 heteroatoms. The number of hydrogen-bond donors (Lipinski definition) is 0. The lowest BCUT2D eigenvalue weighted by atomic mass is 10.2. The molecule has 1 aromatic rings. The van der Waals surface area contributed by atoms with Crippen LogP contribution in [-0.2, 0) is 4.79 Å². The van der Waals surface area contributed by atoms with Crippen molar-refractivity contribution in [1.29, 1.82) is 0 Å². The van der Waals surface area contributed by atoms with Crippen LogP contribution in [-0.4, -0.2) is 23.3 Å². The fourth-order valence-electron chi connectivity index (χ4n) is 1.64. The van der Waals surface area contributed by atoms with E-state index >= 15 is 0 Å². The normalized spacial score (nSPS) is 21.1. The first-order valence-electron chi connectivity index (χ1n) is 4.68. The Hall–Kier alpha value is -1.10. The molecule has 1 fully saturated rings. The Morgan fingerprint density at radius 2 is 2.33 bits per heavy atom. The van der Waals surface area contributed by atoms with Crippen LogP contribution < -0.4 is 0 Å². The van der Waals surface area contributed by atoms with Gasteiger partial charge in [-0.2, -0.15) is 0 Å². The fraction of sp³-hybridized carbons (Fsp3) is 0.400. The SMILES string of the molecule is CC1CC(=O)N(C(=O)c2ccc(Br)o2)C1. The number of imide groups is 1. The molecule has 1 aliphatic rings. The van der Waals surface area contributed by atoms with Gasteiger partial charge in [-0.3, -0.25) is 14.5 Å². The Morgan fingerprint density at radius 3 is 2.80 bits per heavy atom. The van der Waals surface area contributed by atoms with Crippen LogP contribution in [0.1, 0.15) is 23.9 Å². The third-order valence-corrected chi connectivity index (χ3v) is 2.77. The lowest BCUT2D eigenvalue weighted by Gasteiger charge is -2.11. The molecular formula is C10H10BrNO3. The van der Waals surface area contributed by atoms with Gasteiger partial charge in [-0.05, 0) is 34.0 Å². The summed E-state index contributed by atoms with van der Waals surface area (Å²) in [6.45, 7) is 2.43. The zero-order valence-electron chi connectivity index (χ0n) is 8.20. The van der Waals surface area contributed by atoms with Gasteiger partial charge >= 0.3 is 0 Å². The van der Waals surface area contributed by atoms with E-state index in [2.05, 4.69) is 15.9 Å². The maximum atomic E-state index is 11.8. The third kappa shape index (κ3) is 1.97. The van der Waals surface area contributed by atoms with Crippen molar-refractivity contribution in [3.8, 4) is 0 Å². The first kappa shape index (κ1) is 10.4. The number of furan rings is 1. The van der Waals surface area contributed by atoms with Crippen molar-refractivity contribution in [2.45, 2.75) is 13.3 Å². The molecule has 2 heterocycles. The second kappa shape index (κ2) is 3.81. The summed E-state index contributed by atoms with van der Waals surface area (Å²) >= 11 is 3.11. The molecule has 0 N–H and O–H groups in total. The molecule has 1 aromatic heterocycles. The van der Waals surface area contributed by atoms with Gasteiger partial charge in [0.2, 0.25) is 5.91 Å². The van der Waals surface area contributed by atoms with Crippen molar-refractivity contribution in [1.82, 2.24) is 4.90 Å². The van der Waals surface area contributed by atoms with Crippen molar-refractivity contribution >= 4 is 27.7 Å². The molecule has 1 saturated heterocycles. The molecule has 0 saturated carbocycles. The van der Waals surface area contributed by atoms with Gasteiger partial charge in [-0.25, -0.2) is 0 Å². The van der Waals surface area contributed by atoms with Crippen LogP contribution >= 0.6 is 15.9 Å². The van der Waals surface area contributed by atoms with Gasteiger partial charge in [-0.15, -0.1) is 0 Å². The minimum Gasteiger partial charge on any atom is -0.444 e. The molecule has 2 rings (SSSR count). The highest BCUT2D eigenvalue weighted by atomic mass is 79.9. The molecular weight excluding hydrogens is 262 g/mol. The summed E-state index contributed by atoms with van der Waals surface area (Å²) in [5.74, 6) is -0.0424. The first-order valence-corrected chi connectivity index (χ1v) is 5.47. The summed E-state index contributed by atoms with van der Waals surface area (Å²) in [7, 11) is 0. The maximum Gasteiger partial charge on any atom is 0.296 e. The molecule has 4 nitrogen and oxygen atoms in total. The van der Waals surface area contributed by atoms with Crippen LogP contribution in [0.4, 0.5) is 0 Å². The minimum atomic E-state index is -0.352. The smallest absolute Gasteiger partial charge is 0.296 e. The average Bonchev–Trinajstić information content (AvgIpc) is 2.71. The maximum absolute atomic E-state index is 11.8. The molecule has 0 radical (unpaired) electrons. The zero-order chi connectivity index (χ0) is 11.0. The lowest BCUT2D eigenvalue weighted by molar-refractivity contribution is -0.125. The van der Waals surface area contributed by atoms with Gasteiger partial charge in [0.1, 0.15) is 0 Å². The van der Waals surface area contributed by atoms with Crippen LogP contribution in [0, 0.1) is 5.92 Å². The second-order valence-corrected chi connectivity index (χ2v) is 4.50. The number of nitrogens with zero attached hydrogens (tertiary/aromatic N) is 1. The highest BCUT2D eigenvalue weighted by molar-refractivity contribution is 9.10. The Morgan fingerprint density at radius 1 is 1.60 bits per heavy atom. The molecule has 2 amide bonds. The molecule has 1 unspecified atom stereocenters. The van der Waals surface area contributed by atoms with Gasteiger partial charge in [-0.1, -0.05) is 6.92 Å². The van der Waals surface area contributed by atoms with Gasteiger partial charge in [0.15, 0.2) is 10.4 Å². The standard InChI is InChI=1S/C10H10BrNO3/c1-6-4-9(13)12(5-6)10(14)7-2-3-8(11)15-7/h2-3,6H,4-5H2,1H3.